The third kappa shape index (κ3) is 3.51. The van der Waals surface area contributed by atoms with Gasteiger partial charge < -0.3 is 4.90 Å². The molecule has 3 nitrogen and oxygen atoms in total. The molecule has 0 amide bonds. The molecule has 1 saturated heterocycles. The minimum absolute atomic E-state index is 0.549. The van der Waals surface area contributed by atoms with Crippen molar-refractivity contribution in [2.75, 3.05) is 25.4 Å². The van der Waals surface area contributed by atoms with Crippen molar-refractivity contribution in [3.63, 3.8) is 0 Å². The van der Waals surface area contributed by atoms with Crippen molar-refractivity contribution in [2.45, 2.75) is 12.8 Å². The van der Waals surface area contributed by atoms with Gasteiger partial charge >= 0.3 is 0 Å². The highest BCUT2D eigenvalue weighted by atomic mass is 35.5. The fourth-order valence-corrected chi connectivity index (χ4v) is 2.01. The topological polar surface area (TPSA) is 39.1 Å². The van der Waals surface area contributed by atoms with Crippen LogP contribution in [0.4, 0.5) is 0 Å². The second-order valence-electron chi connectivity index (χ2n) is 2.72. The van der Waals surface area contributed by atoms with E-state index in [-0.39, 0.29) is 0 Å². The van der Waals surface area contributed by atoms with Crippen LogP contribution in [0.25, 0.3) is 0 Å². The molecular weight excluding hydrogens is 182 g/mol. The number of hydrogen-bond acceptors (Lipinski definition) is 2. The lowest BCUT2D eigenvalue weighted by molar-refractivity contribution is 0.361. The first-order valence-electron chi connectivity index (χ1n) is 3.83. The minimum Gasteiger partial charge on any atom is -0.302 e. The molecule has 0 aromatic carbocycles. The van der Waals surface area contributed by atoms with E-state index >= 15 is 0 Å². The van der Waals surface area contributed by atoms with Crippen LogP contribution in [0.5, 0.6) is 0 Å². The Hall–Kier alpha value is 0.360. The van der Waals surface area contributed by atoms with Gasteiger partial charge in [0.2, 0.25) is 0 Å². The molecule has 1 fully saturated rings. The summed E-state index contributed by atoms with van der Waals surface area (Å²) in [5.74, 6) is 0.851. The number of hydrogen-bond donors (Lipinski definition) is 2. The van der Waals surface area contributed by atoms with Crippen LogP contribution < -0.4 is 4.24 Å². The Balaban J connectivity index is 2.06. The Labute approximate surface area is 75.2 Å². The van der Waals surface area contributed by atoms with Crippen LogP contribution in [0.1, 0.15) is 12.8 Å². The van der Waals surface area contributed by atoms with Crippen molar-refractivity contribution in [3.8, 4) is 0 Å². The zero-order valence-electron chi connectivity index (χ0n) is 6.48. The molecule has 0 radical (unpaired) electrons. The van der Waals surface area contributed by atoms with E-state index in [1.165, 1.54) is 25.9 Å². The molecule has 2 N–H and O–H groups in total. The first kappa shape index (κ1) is 9.45. The molecule has 1 atom stereocenters. The summed E-state index contributed by atoms with van der Waals surface area (Å²) in [4.78, 5) is 2.39. The molecule has 1 aliphatic rings. The zero-order valence-corrected chi connectivity index (χ0v) is 8.05. The van der Waals surface area contributed by atoms with E-state index < -0.39 is 10.9 Å². The number of rotatable bonds is 4. The summed E-state index contributed by atoms with van der Waals surface area (Å²) in [7, 11) is -0.549. The summed E-state index contributed by atoms with van der Waals surface area (Å²) < 4.78 is 9.77. The predicted octanol–water partition coefficient (Wildman–Crippen LogP) is 1.12. The highest BCUT2D eigenvalue weighted by molar-refractivity contribution is 7.85. The highest BCUT2D eigenvalue weighted by Crippen LogP contribution is 2.06. The first-order chi connectivity index (χ1) is 5.33. The maximum atomic E-state index is 7.34. The van der Waals surface area contributed by atoms with Crippen LogP contribution in [0.2, 0.25) is 0 Å². The molecule has 0 spiro atoms. The fraction of sp³-hybridized carbons (Fsp3) is 1.00. The predicted molar refractivity (Wildman–Crippen MR) is 49.6 cm³/mol. The summed E-state index contributed by atoms with van der Waals surface area (Å²) >= 11 is 5.29. The third-order valence-corrected chi connectivity index (χ3v) is 3.24. The second kappa shape index (κ2) is 5.09. The van der Waals surface area contributed by atoms with Gasteiger partial charge in [-0.3, -0.25) is 4.78 Å². The van der Waals surface area contributed by atoms with Crippen LogP contribution in [-0.2, 0) is 10.9 Å². The van der Waals surface area contributed by atoms with Crippen molar-refractivity contribution in [1.82, 2.24) is 9.14 Å². The number of nitrogens with zero attached hydrogens (tertiary/aromatic N) is 1. The van der Waals surface area contributed by atoms with E-state index in [0.717, 1.165) is 12.3 Å². The lowest BCUT2D eigenvalue weighted by atomic mass is 10.4. The number of likely N-dealkylation sites (tertiary alicyclic amines) is 1. The van der Waals surface area contributed by atoms with Gasteiger partial charge in [0.25, 0.3) is 0 Å². The van der Waals surface area contributed by atoms with Gasteiger partial charge in [0.1, 0.15) is 0 Å². The maximum absolute atomic E-state index is 7.34. The Bertz CT molecular complexity index is 136. The maximum Gasteiger partial charge on any atom is 0.0316 e. The van der Waals surface area contributed by atoms with Crippen LogP contribution in [-0.4, -0.2) is 30.3 Å². The number of halogens is 1. The summed E-state index contributed by atoms with van der Waals surface area (Å²) in [6, 6.07) is 0. The average Bonchev–Trinajstić information content (AvgIpc) is 2.52. The van der Waals surface area contributed by atoms with E-state index in [0.29, 0.717) is 0 Å². The van der Waals surface area contributed by atoms with Crippen molar-refractivity contribution in [3.05, 3.63) is 0 Å². The largest absolute Gasteiger partial charge is 0.302 e. The summed E-state index contributed by atoms with van der Waals surface area (Å²) in [6.07, 6.45) is 2.64. The van der Waals surface area contributed by atoms with E-state index in [4.69, 9.17) is 16.6 Å². The molecule has 1 aliphatic heterocycles. The molecule has 1 unspecified atom stereocenters. The van der Waals surface area contributed by atoms with Crippen LogP contribution in [0.15, 0.2) is 0 Å². The summed E-state index contributed by atoms with van der Waals surface area (Å²) in [6.45, 7) is 3.44. The normalized spacial score (nSPS) is 22.3. The molecule has 11 heavy (non-hydrogen) atoms. The standard InChI is InChI=1S/C6H14ClN3S/c7-9-11(8)6-5-10-3-1-2-4-10/h1-6H2,(H2,8,9). The molecule has 0 aliphatic carbocycles. The van der Waals surface area contributed by atoms with Gasteiger partial charge in [-0.25, -0.2) is 0 Å². The highest BCUT2D eigenvalue weighted by Gasteiger charge is 2.10. The molecular formula is C6H14ClN3S. The van der Waals surface area contributed by atoms with Gasteiger partial charge in [0.15, 0.2) is 0 Å². The van der Waals surface area contributed by atoms with Gasteiger partial charge in [0, 0.05) is 12.3 Å². The lowest BCUT2D eigenvalue weighted by Gasteiger charge is -2.13. The summed E-state index contributed by atoms with van der Waals surface area (Å²) in [5, 5.41) is 0. The molecule has 66 valence electrons. The number of nitrogens with one attached hydrogen (secondary N) is 2. The van der Waals surface area contributed by atoms with E-state index in [1.54, 1.807) is 0 Å². The van der Waals surface area contributed by atoms with Crippen molar-refractivity contribution in [2.24, 2.45) is 0 Å². The van der Waals surface area contributed by atoms with Gasteiger partial charge in [-0.15, -0.1) is 0 Å². The van der Waals surface area contributed by atoms with Crippen LogP contribution >= 0.6 is 11.8 Å². The quantitative estimate of drug-likeness (QED) is 0.661. The Morgan fingerprint density at radius 3 is 2.64 bits per heavy atom. The fourth-order valence-electron chi connectivity index (χ4n) is 1.27. The van der Waals surface area contributed by atoms with Crippen LogP contribution in [0.3, 0.4) is 0 Å². The Morgan fingerprint density at radius 1 is 1.45 bits per heavy atom. The van der Waals surface area contributed by atoms with E-state index in [2.05, 4.69) is 9.14 Å². The SMILES string of the molecule is N=S(CCN1CCCC1)NCl. The monoisotopic (exact) mass is 195 g/mol. The lowest BCUT2D eigenvalue weighted by Crippen LogP contribution is -2.26. The van der Waals surface area contributed by atoms with E-state index in [9.17, 15) is 0 Å². The van der Waals surface area contributed by atoms with Gasteiger partial charge in [-0.05, 0) is 48.6 Å². The average molecular weight is 196 g/mol. The zero-order chi connectivity index (χ0) is 8.10. The van der Waals surface area contributed by atoms with Crippen LogP contribution in [0, 0.1) is 4.78 Å². The van der Waals surface area contributed by atoms with Crippen molar-refractivity contribution < 1.29 is 0 Å². The molecule has 0 bridgehead atoms. The smallest absolute Gasteiger partial charge is 0.0316 e. The van der Waals surface area contributed by atoms with Crippen molar-refractivity contribution >= 4 is 22.7 Å². The minimum atomic E-state index is -0.549. The molecule has 5 heteroatoms. The molecule has 0 aromatic rings. The molecule has 1 heterocycles. The Morgan fingerprint density at radius 2 is 2.09 bits per heavy atom. The second-order valence-corrected chi connectivity index (χ2v) is 4.53. The molecule has 0 saturated carbocycles. The van der Waals surface area contributed by atoms with Crippen molar-refractivity contribution in [1.29, 1.82) is 4.78 Å². The molecule has 0 aromatic heterocycles. The molecule has 1 rings (SSSR count). The van der Waals surface area contributed by atoms with E-state index in [1.807, 2.05) is 0 Å². The van der Waals surface area contributed by atoms with Gasteiger partial charge in [-0.1, -0.05) is 0 Å². The third-order valence-electron chi connectivity index (χ3n) is 1.90. The van der Waals surface area contributed by atoms with Gasteiger partial charge in [0.05, 0.1) is 0 Å². The summed E-state index contributed by atoms with van der Waals surface area (Å²) in [5.41, 5.74) is 0. The Kier molecular flexibility index (Phi) is 4.37. The van der Waals surface area contributed by atoms with Gasteiger partial charge in [-0.2, -0.15) is 4.24 Å². The first-order valence-corrected chi connectivity index (χ1v) is 5.61.